The summed E-state index contributed by atoms with van der Waals surface area (Å²) in [7, 11) is -1.79. The summed E-state index contributed by atoms with van der Waals surface area (Å²) in [5.41, 5.74) is 1.23. The maximum atomic E-state index is 10.8. The van der Waals surface area contributed by atoms with Gasteiger partial charge in [-0.1, -0.05) is 32.9 Å². The molecule has 1 N–H and O–H groups in total. The topological polar surface area (TPSA) is 46.5 Å². The zero-order valence-corrected chi connectivity index (χ0v) is 14.6. The highest BCUT2D eigenvalue weighted by molar-refractivity contribution is 6.74. The molecule has 0 heterocycles. The van der Waals surface area contributed by atoms with Gasteiger partial charge < -0.3 is 9.53 Å². The molecule has 1 saturated carbocycles. The van der Waals surface area contributed by atoms with E-state index in [1.165, 1.54) is 5.56 Å². The summed E-state index contributed by atoms with van der Waals surface area (Å²) in [4.78, 5) is 10.8. The normalized spacial score (nSPS) is 22.5. The van der Waals surface area contributed by atoms with E-state index in [9.17, 15) is 4.79 Å². The minimum absolute atomic E-state index is 0.154. The SMILES string of the molecule is CC(C)(C)[Si](C)(C)Oc1ccc(C2CC(C(=O)O)C2)cc1. The molecule has 4 heteroatoms. The molecule has 1 aliphatic carbocycles. The van der Waals surface area contributed by atoms with Crippen molar-refractivity contribution >= 4 is 14.3 Å². The highest BCUT2D eigenvalue weighted by atomic mass is 28.4. The van der Waals surface area contributed by atoms with Gasteiger partial charge in [0.1, 0.15) is 5.75 Å². The van der Waals surface area contributed by atoms with Crippen molar-refractivity contribution in [2.24, 2.45) is 5.92 Å². The fourth-order valence-corrected chi connectivity index (χ4v) is 3.38. The number of hydrogen-bond donors (Lipinski definition) is 1. The van der Waals surface area contributed by atoms with Gasteiger partial charge in [-0.05, 0) is 54.6 Å². The van der Waals surface area contributed by atoms with Crippen LogP contribution in [0.3, 0.4) is 0 Å². The first-order valence-electron chi connectivity index (χ1n) is 7.62. The number of rotatable bonds is 4. The van der Waals surface area contributed by atoms with Crippen molar-refractivity contribution in [1.82, 2.24) is 0 Å². The molecule has 0 atom stereocenters. The highest BCUT2D eigenvalue weighted by Crippen LogP contribution is 2.42. The largest absolute Gasteiger partial charge is 0.544 e. The molecule has 0 unspecified atom stereocenters. The Morgan fingerprint density at radius 1 is 1.19 bits per heavy atom. The van der Waals surface area contributed by atoms with E-state index in [0.717, 1.165) is 18.6 Å². The lowest BCUT2D eigenvalue weighted by molar-refractivity contribution is -0.145. The summed E-state index contributed by atoms with van der Waals surface area (Å²) in [6, 6.07) is 8.24. The van der Waals surface area contributed by atoms with Gasteiger partial charge in [-0.25, -0.2) is 0 Å². The second-order valence-electron chi connectivity index (χ2n) is 7.63. The molecular weight excluding hydrogens is 280 g/mol. The van der Waals surface area contributed by atoms with Crippen LogP contribution in [0.15, 0.2) is 24.3 Å². The second kappa shape index (κ2) is 5.48. The van der Waals surface area contributed by atoms with E-state index < -0.39 is 14.3 Å². The average molecular weight is 306 g/mol. The molecule has 1 aliphatic rings. The van der Waals surface area contributed by atoms with E-state index in [4.69, 9.17) is 9.53 Å². The maximum absolute atomic E-state index is 10.8. The number of carboxylic acids is 1. The van der Waals surface area contributed by atoms with E-state index in [1.54, 1.807) is 0 Å². The van der Waals surface area contributed by atoms with Gasteiger partial charge in [-0.2, -0.15) is 0 Å². The zero-order chi connectivity index (χ0) is 15.8. The molecule has 0 radical (unpaired) electrons. The molecule has 0 bridgehead atoms. The lowest BCUT2D eigenvalue weighted by atomic mass is 9.71. The van der Waals surface area contributed by atoms with E-state index in [1.807, 2.05) is 12.1 Å². The summed E-state index contributed by atoms with van der Waals surface area (Å²) in [6.45, 7) is 11.2. The third-order valence-corrected chi connectivity index (χ3v) is 9.38. The van der Waals surface area contributed by atoms with E-state index in [-0.39, 0.29) is 11.0 Å². The van der Waals surface area contributed by atoms with Crippen LogP contribution in [-0.2, 0) is 4.79 Å². The molecule has 0 amide bonds. The average Bonchev–Trinajstić information content (AvgIpc) is 2.27. The van der Waals surface area contributed by atoms with Crippen LogP contribution in [0, 0.1) is 5.92 Å². The van der Waals surface area contributed by atoms with Crippen molar-refractivity contribution in [3.05, 3.63) is 29.8 Å². The third-order valence-electron chi connectivity index (χ3n) is 5.02. The van der Waals surface area contributed by atoms with Crippen LogP contribution in [0.1, 0.15) is 45.1 Å². The van der Waals surface area contributed by atoms with E-state index in [0.29, 0.717) is 5.92 Å². The van der Waals surface area contributed by atoms with Crippen LogP contribution in [0.2, 0.25) is 18.1 Å². The number of benzene rings is 1. The number of aliphatic carboxylic acids is 1. The molecule has 2 rings (SSSR count). The minimum Gasteiger partial charge on any atom is -0.544 e. The van der Waals surface area contributed by atoms with Crippen molar-refractivity contribution in [2.45, 2.75) is 57.7 Å². The summed E-state index contributed by atoms with van der Waals surface area (Å²) in [5.74, 6) is 0.509. The Bertz CT molecular complexity index is 508. The predicted molar refractivity (Wildman–Crippen MR) is 87.4 cm³/mol. The minimum atomic E-state index is -1.79. The van der Waals surface area contributed by atoms with Gasteiger partial charge in [-0.3, -0.25) is 4.79 Å². The Balaban J connectivity index is 1.99. The van der Waals surface area contributed by atoms with Crippen molar-refractivity contribution in [1.29, 1.82) is 0 Å². The lowest BCUT2D eigenvalue weighted by Crippen LogP contribution is -2.43. The number of carbonyl (C=O) groups is 1. The molecule has 0 saturated heterocycles. The van der Waals surface area contributed by atoms with Crippen molar-refractivity contribution in [3.8, 4) is 5.75 Å². The van der Waals surface area contributed by atoms with Crippen LogP contribution in [0.25, 0.3) is 0 Å². The van der Waals surface area contributed by atoms with Crippen molar-refractivity contribution < 1.29 is 14.3 Å². The zero-order valence-electron chi connectivity index (χ0n) is 13.6. The van der Waals surface area contributed by atoms with Crippen molar-refractivity contribution in [3.63, 3.8) is 0 Å². The molecule has 1 fully saturated rings. The van der Waals surface area contributed by atoms with Crippen LogP contribution < -0.4 is 4.43 Å². The Hall–Kier alpha value is -1.29. The number of carboxylic acid groups (broad SMARTS) is 1. The molecule has 1 aromatic rings. The molecule has 0 aromatic heterocycles. The molecule has 1 aromatic carbocycles. The van der Waals surface area contributed by atoms with Gasteiger partial charge >= 0.3 is 5.97 Å². The van der Waals surface area contributed by atoms with E-state index in [2.05, 4.69) is 46.0 Å². The monoisotopic (exact) mass is 306 g/mol. The van der Waals surface area contributed by atoms with Gasteiger partial charge in [0.15, 0.2) is 0 Å². The maximum Gasteiger partial charge on any atom is 0.306 e. The molecule has 3 nitrogen and oxygen atoms in total. The first-order chi connectivity index (χ1) is 9.60. The fraction of sp³-hybridized carbons (Fsp3) is 0.588. The quantitative estimate of drug-likeness (QED) is 0.824. The van der Waals surface area contributed by atoms with E-state index >= 15 is 0 Å². The smallest absolute Gasteiger partial charge is 0.306 e. The Kier molecular flexibility index (Phi) is 4.20. The van der Waals surface area contributed by atoms with Crippen LogP contribution in [0.4, 0.5) is 0 Å². The lowest BCUT2D eigenvalue weighted by Gasteiger charge is -2.36. The molecular formula is C17H26O3Si. The third kappa shape index (κ3) is 3.49. The Morgan fingerprint density at radius 2 is 1.71 bits per heavy atom. The summed E-state index contributed by atoms with van der Waals surface area (Å²) in [5, 5.41) is 9.12. The summed E-state index contributed by atoms with van der Waals surface area (Å²) in [6.07, 6.45) is 1.52. The van der Waals surface area contributed by atoms with Gasteiger partial charge in [0.25, 0.3) is 0 Å². The first kappa shape index (κ1) is 16.1. The van der Waals surface area contributed by atoms with Gasteiger partial charge in [0.2, 0.25) is 8.32 Å². The van der Waals surface area contributed by atoms with Crippen molar-refractivity contribution in [2.75, 3.05) is 0 Å². The highest BCUT2D eigenvalue weighted by Gasteiger charge is 2.39. The predicted octanol–water partition coefficient (Wildman–Crippen LogP) is 4.65. The van der Waals surface area contributed by atoms with Gasteiger partial charge in [0.05, 0.1) is 5.92 Å². The van der Waals surface area contributed by atoms with Crippen LogP contribution >= 0.6 is 0 Å². The Labute approximate surface area is 128 Å². The molecule has 0 spiro atoms. The van der Waals surface area contributed by atoms with Crippen LogP contribution in [-0.4, -0.2) is 19.4 Å². The summed E-state index contributed by atoms with van der Waals surface area (Å²) >= 11 is 0. The first-order valence-corrected chi connectivity index (χ1v) is 10.5. The van der Waals surface area contributed by atoms with Crippen LogP contribution in [0.5, 0.6) is 5.75 Å². The molecule has 116 valence electrons. The summed E-state index contributed by atoms with van der Waals surface area (Å²) < 4.78 is 6.26. The Morgan fingerprint density at radius 3 is 2.14 bits per heavy atom. The standard InChI is InChI=1S/C17H26O3Si/c1-17(2,3)21(4,5)20-15-8-6-12(7-9-15)13-10-14(11-13)16(18)19/h6-9,13-14H,10-11H2,1-5H3,(H,18,19). The fourth-order valence-electron chi connectivity index (χ4n) is 2.35. The second-order valence-corrected chi connectivity index (χ2v) is 12.4. The van der Waals surface area contributed by atoms with Gasteiger partial charge in [0, 0.05) is 0 Å². The van der Waals surface area contributed by atoms with Gasteiger partial charge in [-0.15, -0.1) is 0 Å². The molecule has 0 aliphatic heterocycles. The molecule has 21 heavy (non-hydrogen) atoms. The number of hydrogen-bond acceptors (Lipinski definition) is 2.